The molecule has 0 saturated carbocycles. The number of aryl methyl sites for hydroxylation is 1. The summed E-state index contributed by atoms with van der Waals surface area (Å²) in [6, 6.07) is 35.9. The lowest BCUT2D eigenvalue weighted by Gasteiger charge is -2.20. The Kier molecular flexibility index (Phi) is 5.95. The molecule has 3 heteroatoms. The Morgan fingerprint density at radius 2 is 1.36 bits per heavy atom. The van der Waals surface area contributed by atoms with E-state index in [2.05, 4.69) is 115 Å². The smallest absolute Gasteiger partial charge is 0.122 e. The maximum atomic E-state index is 6.24. The van der Waals surface area contributed by atoms with Gasteiger partial charge in [-0.15, -0.1) is 0 Å². The predicted molar refractivity (Wildman–Crippen MR) is 135 cm³/mol. The van der Waals surface area contributed by atoms with E-state index in [1.54, 1.807) is 0 Å². The van der Waals surface area contributed by atoms with Crippen LogP contribution in [0, 0.1) is 13.8 Å². The Morgan fingerprint density at radius 1 is 0.727 bits per heavy atom. The van der Waals surface area contributed by atoms with Gasteiger partial charge in [-0.25, -0.2) is 4.98 Å². The fraction of sp³-hybridized carbons (Fsp3) is 0.167. The third kappa shape index (κ3) is 4.27. The summed E-state index contributed by atoms with van der Waals surface area (Å²) in [5, 5.41) is 0. The summed E-state index contributed by atoms with van der Waals surface area (Å²) in [6.45, 7) is 5.53. The molecule has 0 amide bonds. The van der Waals surface area contributed by atoms with E-state index in [1.165, 1.54) is 22.3 Å². The SMILES string of the molecule is Cc1cccc(OCCn2c(C(c3ccccc3)c3ccccc3)nc3ccccc32)c1C. The van der Waals surface area contributed by atoms with Gasteiger partial charge in [-0.05, 0) is 54.3 Å². The lowest BCUT2D eigenvalue weighted by Crippen LogP contribution is -2.16. The van der Waals surface area contributed by atoms with Crippen molar-refractivity contribution in [2.75, 3.05) is 6.61 Å². The summed E-state index contributed by atoms with van der Waals surface area (Å²) in [7, 11) is 0. The molecule has 1 heterocycles. The standard InChI is InChI=1S/C30H28N2O/c1-22-12-11-19-28(23(22)2)33-21-20-32-27-18-10-9-17-26(27)31-30(32)29(24-13-5-3-6-14-24)25-15-7-4-8-16-25/h3-19,29H,20-21H2,1-2H3. The molecule has 33 heavy (non-hydrogen) atoms. The van der Waals surface area contributed by atoms with Gasteiger partial charge in [0.05, 0.1) is 23.5 Å². The fourth-order valence-corrected chi connectivity index (χ4v) is 4.46. The quantitative estimate of drug-likeness (QED) is 0.279. The maximum Gasteiger partial charge on any atom is 0.122 e. The van der Waals surface area contributed by atoms with E-state index in [9.17, 15) is 0 Å². The highest BCUT2D eigenvalue weighted by atomic mass is 16.5. The summed E-state index contributed by atoms with van der Waals surface area (Å²) in [5.74, 6) is 2.03. The minimum atomic E-state index is 0.0421. The molecule has 0 spiro atoms. The number of hydrogen-bond acceptors (Lipinski definition) is 2. The number of fused-ring (bicyclic) bond motifs is 1. The van der Waals surface area contributed by atoms with Crippen LogP contribution in [-0.4, -0.2) is 16.2 Å². The number of ether oxygens (including phenoxy) is 1. The van der Waals surface area contributed by atoms with Crippen LogP contribution in [0.4, 0.5) is 0 Å². The first-order valence-corrected chi connectivity index (χ1v) is 11.5. The van der Waals surface area contributed by atoms with Crippen molar-refractivity contribution < 1.29 is 4.74 Å². The Balaban J connectivity index is 1.56. The second-order valence-corrected chi connectivity index (χ2v) is 8.41. The zero-order valence-corrected chi connectivity index (χ0v) is 19.1. The summed E-state index contributed by atoms with van der Waals surface area (Å²) in [6.07, 6.45) is 0. The molecule has 0 aliphatic heterocycles. The second-order valence-electron chi connectivity index (χ2n) is 8.41. The van der Waals surface area contributed by atoms with Gasteiger partial charge in [-0.1, -0.05) is 84.9 Å². The summed E-state index contributed by atoms with van der Waals surface area (Å²) >= 11 is 0. The van der Waals surface area contributed by atoms with Crippen LogP contribution in [0.3, 0.4) is 0 Å². The number of para-hydroxylation sites is 2. The monoisotopic (exact) mass is 432 g/mol. The van der Waals surface area contributed by atoms with Crippen molar-refractivity contribution in [3.63, 3.8) is 0 Å². The molecular weight excluding hydrogens is 404 g/mol. The van der Waals surface area contributed by atoms with Crippen LogP contribution in [0.15, 0.2) is 103 Å². The van der Waals surface area contributed by atoms with E-state index < -0.39 is 0 Å². The average molecular weight is 433 g/mol. The largest absolute Gasteiger partial charge is 0.491 e. The number of rotatable bonds is 7. The van der Waals surface area contributed by atoms with E-state index in [1.807, 2.05) is 6.07 Å². The van der Waals surface area contributed by atoms with Crippen molar-refractivity contribution in [3.8, 4) is 5.75 Å². The Hall–Kier alpha value is -3.85. The van der Waals surface area contributed by atoms with Crippen molar-refractivity contribution in [1.29, 1.82) is 0 Å². The van der Waals surface area contributed by atoms with Crippen molar-refractivity contribution in [3.05, 3.63) is 131 Å². The van der Waals surface area contributed by atoms with Crippen molar-refractivity contribution in [2.45, 2.75) is 26.3 Å². The van der Waals surface area contributed by atoms with Crippen LogP contribution in [0.1, 0.15) is 34.0 Å². The molecule has 0 saturated heterocycles. The van der Waals surface area contributed by atoms with Gasteiger partial charge in [0.1, 0.15) is 18.2 Å². The molecule has 3 nitrogen and oxygen atoms in total. The minimum absolute atomic E-state index is 0.0421. The van der Waals surface area contributed by atoms with Crippen LogP contribution < -0.4 is 4.74 Å². The van der Waals surface area contributed by atoms with E-state index in [0.29, 0.717) is 6.61 Å². The number of hydrogen-bond donors (Lipinski definition) is 0. The fourth-order valence-electron chi connectivity index (χ4n) is 4.46. The van der Waals surface area contributed by atoms with Gasteiger partial charge in [-0.3, -0.25) is 0 Å². The first kappa shape index (κ1) is 21.0. The van der Waals surface area contributed by atoms with E-state index >= 15 is 0 Å². The molecule has 5 aromatic rings. The molecule has 0 N–H and O–H groups in total. The van der Waals surface area contributed by atoms with E-state index in [0.717, 1.165) is 29.2 Å². The Bertz CT molecular complexity index is 1320. The van der Waals surface area contributed by atoms with Gasteiger partial charge < -0.3 is 9.30 Å². The predicted octanol–water partition coefficient (Wildman–Crippen LogP) is 6.91. The molecule has 164 valence electrons. The summed E-state index contributed by atoms with van der Waals surface area (Å²) in [5.41, 5.74) is 7.05. The number of benzene rings is 4. The average Bonchev–Trinajstić information content (AvgIpc) is 3.21. The topological polar surface area (TPSA) is 27.1 Å². The number of nitrogens with zero attached hydrogens (tertiary/aromatic N) is 2. The molecule has 1 aromatic heterocycles. The molecule has 0 aliphatic rings. The van der Waals surface area contributed by atoms with Crippen molar-refractivity contribution in [2.24, 2.45) is 0 Å². The molecule has 0 unspecified atom stereocenters. The first-order chi connectivity index (χ1) is 16.2. The van der Waals surface area contributed by atoms with Crippen LogP contribution in [-0.2, 0) is 6.54 Å². The van der Waals surface area contributed by atoms with E-state index in [-0.39, 0.29) is 5.92 Å². The maximum absolute atomic E-state index is 6.24. The summed E-state index contributed by atoms with van der Waals surface area (Å²) < 4.78 is 8.56. The van der Waals surface area contributed by atoms with Crippen LogP contribution in [0.25, 0.3) is 11.0 Å². The molecule has 0 aliphatic carbocycles. The second kappa shape index (κ2) is 9.33. The van der Waals surface area contributed by atoms with Gasteiger partial charge >= 0.3 is 0 Å². The van der Waals surface area contributed by atoms with Crippen molar-refractivity contribution in [1.82, 2.24) is 9.55 Å². The zero-order valence-electron chi connectivity index (χ0n) is 19.1. The van der Waals surface area contributed by atoms with Gasteiger partial charge in [-0.2, -0.15) is 0 Å². The molecule has 0 atom stereocenters. The molecular formula is C30H28N2O. The van der Waals surface area contributed by atoms with Crippen molar-refractivity contribution >= 4 is 11.0 Å². The lowest BCUT2D eigenvalue weighted by molar-refractivity contribution is 0.296. The number of aromatic nitrogens is 2. The Morgan fingerprint density at radius 3 is 2.06 bits per heavy atom. The van der Waals surface area contributed by atoms with Crippen LogP contribution >= 0.6 is 0 Å². The first-order valence-electron chi connectivity index (χ1n) is 11.5. The van der Waals surface area contributed by atoms with Gasteiger partial charge in [0.15, 0.2) is 0 Å². The van der Waals surface area contributed by atoms with Crippen LogP contribution in [0.5, 0.6) is 5.75 Å². The third-order valence-corrected chi connectivity index (χ3v) is 6.34. The molecule has 0 fully saturated rings. The molecule has 0 radical (unpaired) electrons. The normalized spacial score (nSPS) is 11.2. The van der Waals surface area contributed by atoms with Gasteiger partial charge in [0.2, 0.25) is 0 Å². The number of imidazole rings is 1. The highest BCUT2D eigenvalue weighted by Crippen LogP contribution is 2.33. The Labute approximate surface area is 195 Å². The third-order valence-electron chi connectivity index (χ3n) is 6.34. The highest BCUT2D eigenvalue weighted by Gasteiger charge is 2.23. The lowest BCUT2D eigenvalue weighted by atomic mass is 9.90. The minimum Gasteiger partial charge on any atom is -0.491 e. The zero-order chi connectivity index (χ0) is 22.6. The molecule has 5 rings (SSSR count). The molecule has 0 bridgehead atoms. The van der Waals surface area contributed by atoms with Gasteiger partial charge in [0.25, 0.3) is 0 Å². The van der Waals surface area contributed by atoms with Gasteiger partial charge in [0, 0.05) is 0 Å². The molecule has 4 aromatic carbocycles. The van der Waals surface area contributed by atoms with E-state index in [4.69, 9.17) is 9.72 Å². The summed E-state index contributed by atoms with van der Waals surface area (Å²) in [4.78, 5) is 5.13. The highest BCUT2D eigenvalue weighted by molar-refractivity contribution is 5.76. The van der Waals surface area contributed by atoms with Crippen LogP contribution in [0.2, 0.25) is 0 Å².